The lowest BCUT2D eigenvalue weighted by Crippen LogP contribution is -2.35. The summed E-state index contributed by atoms with van der Waals surface area (Å²) < 4.78 is 7.69. The summed E-state index contributed by atoms with van der Waals surface area (Å²) in [7, 11) is 0. The zero-order valence-corrected chi connectivity index (χ0v) is 15.5. The Morgan fingerprint density at radius 3 is 2.81 bits per heavy atom. The van der Waals surface area contributed by atoms with Crippen LogP contribution >= 0.6 is 12.4 Å². The number of hydrogen-bond donors (Lipinski definition) is 2. The molecule has 0 bridgehead atoms. The summed E-state index contributed by atoms with van der Waals surface area (Å²) in [5.74, 6) is -0.0584. The van der Waals surface area contributed by atoms with Crippen LogP contribution in [0.3, 0.4) is 0 Å². The van der Waals surface area contributed by atoms with Crippen LogP contribution in [0.15, 0.2) is 30.3 Å². The van der Waals surface area contributed by atoms with Gasteiger partial charge in [0, 0.05) is 12.2 Å². The van der Waals surface area contributed by atoms with E-state index < -0.39 is 0 Å². The van der Waals surface area contributed by atoms with E-state index in [2.05, 4.69) is 17.4 Å². The number of aromatic nitrogens is 2. The number of para-hydroxylation sites is 1. The highest BCUT2D eigenvalue weighted by atomic mass is 35.5. The maximum atomic E-state index is 12.3. The second-order valence-electron chi connectivity index (χ2n) is 6.75. The number of carbonyl (C=O) groups is 1. The van der Waals surface area contributed by atoms with Gasteiger partial charge in [-0.1, -0.05) is 18.2 Å². The maximum absolute atomic E-state index is 12.3. The molecule has 26 heavy (non-hydrogen) atoms. The van der Waals surface area contributed by atoms with E-state index in [4.69, 9.17) is 15.6 Å². The van der Waals surface area contributed by atoms with Crippen LogP contribution in [0.1, 0.15) is 36.2 Å². The molecule has 0 unspecified atom stereocenters. The van der Waals surface area contributed by atoms with Crippen molar-refractivity contribution in [2.75, 3.05) is 6.54 Å². The number of nitrogens with zero attached hydrogens (tertiary/aromatic N) is 2. The molecule has 7 heteroatoms. The average Bonchev–Trinajstić information content (AvgIpc) is 3.37. The molecule has 4 rings (SSSR count). The Morgan fingerprint density at radius 1 is 1.27 bits per heavy atom. The highest BCUT2D eigenvalue weighted by molar-refractivity contribution is 5.85. The second-order valence-corrected chi connectivity index (χ2v) is 6.75. The van der Waals surface area contributed by atoms with Crippen LogP contribution in [0.2, 0.25) is 0 Å². The third kappa shape index (κ3) is 3.63. The number of benzene rings is 1. The van der Waals surface area contributed by atoms with Gasteiger partial charge in [-0.05, 0) is 49.8 Å². The minimum absolute atomic E-state index is 0. The monoisotopic (exact) mass is 376 g/mol. The maximum Gasteiger partial charge on any atom is 0.249 e. The molecule has 2 aliphatic rings. The standard InChI is InChI=1S/C19H24N4O2.ClH/c20-11-14-9-10-18(25-14)19(24)21-12-16-15-7-4-8-17(15)23(22-16)13-5-2-1-3-6-13;/h1-3,5-6,14,18H,4,7-12,20H2,(H,21,24);1H/t14-,18+;/m1./s1. The van der Waals surface area contributed by atoms with E-state index in [1.807, 2.05) is 22.9 Å². The Labute approximate surface area is 159 Å². The Morgan fingerprint density at radius 2 is 2.08 bits per heavy atom. The van der Waals surface area contributed by atoms with Crippen LogP contribution in [0.5, 0.6) is 0 Å². The smallest absolute Gasteiger partial charge is 0.249 e. The Kier molecular flexibility index (Phi) is 5.96. The SMILES string of the molecule is Cl.NC[C@H]1CC[C@@H](C(=O)NCc2nn(-c3ccccc3)c3c2CCC3)O1. The summed E-state index contributed by atoms with van der Waals surface area (Å²) in [6.07, 6.45) is 4.44. The van der Waals surface area contributed by atoms with Gasteiger partial charge >= 0.3 is 0 Å². The van der Waals surface area contributed by atoms with E-state index in [9.17, 15) is 4.79 Å². The molecule has 1 aliphatic heterocycles. The zero-order valence-electron chi connectivity index (χ0n) is 14.7. The number of carbonyl (C=O) groups excluding carboxylic acids is 1. The first-order chi connectivity index (χ1) is 12.3. The van der Waals surface area contributed by atoms with Crippen LogP contribution in [0, 0.1) is 0 Å². The van der Waals surface area contributed by atoms with Gasteiger partial charge < -0.3 is 15.8 Å². The van der Waals surface area contributed by atoms with Crippen LogP contribution in [0.25, 0.3) is 5.69 Å². The molecule has 0 saturated carbocycles. The molecule has 1 aromatic carbocycles. The number of fused-ring (bicyclic) bond motifs is 1. The Bertz CT molecular complexity index is 762. The van der Waals surface area contributed by atoms with Gasteiger partial charge in [0.15, 0.2) is 0 Å². The largest absolute Gasteiger partial charge is 0.364 e. The molecule has 6 nitrogen and oxygen atoms in total. The fourth-order valence-electron chi connectivity index (χ4n) is 3.80. The molecular weight excluding hydrogens is 352 g/mol. The molecule has 1 aliphatic carbocycles. The van der Waals surface area contributed by atoms with E-state index >= 15 is 0 Å². The summed E-state index contributed by atoms with van der Waals surface area (Å²) in [5, 5.41) is 7.77. The third-order valence-electron chi connectivity index (χ3n) is 5.11. The van der Waals surface area contributed by atoms with Gasteiger partial charge in [0.25, 0.3) is 0 Å². The molecular formula is C19H25ClN4O2. The lowest BCUT2D eigenvalue weighted by molar-refractivity contribution is -0.132. The van der Waals surface area contributed by atoms with Crippen LogP contribution in [-0.4, -0.2) is 34.4 Å². The molecule has 1 amide bonds. The molecule has 2 aromatic rings. The van der Waals surface area contributed by atoms with Crippen molar-refractivity contribution in [2.45, 2.75) is 50.9 Å². The summed E-state index contributed by atoms with van der Waals surface area (Å²) in [5.41, 5.74) is 10.2. The van der Waals surface area contributed by atoms with E-state index in [1.165, 1.54) is 11.3 Å². The quantitative estimate of drug-likeness (QED) is 0.835. The number of rotatable bonds is 5. The van der Waals surface area contributed by atoms with Crippen LogP contribution in [-0.2, 0) is 28.9 Å². The molecule has 140 valence electrons. The topological polar surface area (TPSA) is 82.2 Å². The highest BCUT2D eigenvalue weighted by Crippen LogP contribution is 2.28. The lowest BCUT2D eigenvalue weighted by atomic mass is 10.1. The van der Waals surface area contributed by atoms with Crippen LogP contribution < -0.4 is 11.1 Å². The number of halogens is 1. The van der Waals surface area contributed by atoms with Crippen molar-refractivity contribution in [3.63, 3.8) is 0 Å². The van der Waals surface area contributed by atoms with Crippen molar-refractivity contribution in [1.29, 1.82) is 0 Å². The molecule has 0 radical (unpaired) electrons. The van der Waals surface area contributed by atoms with E-state index in [-0.39, 0.29) is 30.5 Å². The highest BCUT2D eigenvalue weighted by Gasteiger charge is 2.30. The molecule has 2 atom stereocenters. The third-order valence-corrected chi connectivity index (χ3v) is 5.11. The van der Waals surface area contributed by atoms with E-state index in [0.29, 0.717) is 13.1 Å². The predicted molar refractivity (Wildman–Crippen MR) is 102 cm³/mol. The van der Waals surface area contributed by atoms with Crippen molar-refractivity contribution in [3.05, 3.63) is 47.3 Å². The van der Waals surface area contributed by atoms with Gasteiger partial charge in [0.05, 0.1) is 24.0 Å². The first-order valence-corrected chi connectivity index (χ1v) is 9.04. The number of ether oxygens (including phenoxy) is 1. The molecule has 3 N–H and O–H groups in total. The normalized spacial score (nSPS) is 21.3. The van der Waals surface area contributed by atoms with Gasteiger partial charge in [-0.15, -0.1) is 12.4 Å². The first kappa shape index (κ1) is 18.9. The Hall–Kier alpha value is -1.89. The minimum Gasteiger partial charge on any atom is -0.364 e. The summed E-state index contributed by atoms with van der Waals surface area (Å²) in [4.78, 5) is 12.3. The van der Waals surface area contributed by atoms with E-state index in [0.717, 1.165) is 43.5 Å². The lowest BCUT2D eigenvalue weighted by Gasteiger charge is -2.12. The van der Waals surface area contributed by atoms with Crippen molar-refractivity contribution in [3.8, 4) is 5.69 Å². The number of nitrogens with one attached hydrogen (secondary N) is 1. The van der Waals surface area contributed by atoms with Crippen molar-refractivity contribution >= 4 is 18.3 Å². The molecule has 1 aromatic heterocycles. The van der Waals surface area contributed by atoms with Gasteiger partial charge in [0.1, 0.15) is 6.10 Å². The molecule has 2 heterocycles. The van der Waals surface area contributed by atoms with E-state index in [1.54, 1.807) is 0 Å². The molecule has 1 saturated heterocycles. The summed E-state index contributed by atoms with van der Waals surface area (Å²) in [6.45, 7) is 0.924. The fraction of sp³-hybridized carbons (Fsp3) is 0.474. The van der Waals surface area contributed by atoms with Crippen molar-refractivity contribution < 1.29 is 9.53 Å². The second kappa shape index (κ2) is 8.20. The van der Waals surface area contributed by atoms with Crippen LogP contribution in [0.4, 0.5) is 0 Å². The van der Waals surface area contributed by atoms with Gasteiger partial charge in [-0.2, -0.15) is 5.10 Å². The van der Waals surface area contributed by atoms with Gasteiger partial charge in [-0.3, -0.25) is 4.79 Å². The fourth-order valence-corrected chi connectivity index (χ4v) is 3.80. The molecule has 1 fully saturated rings. The minimum atomic E-state index is -0.377. The van der Waals surface area contributed by atoms with Gasteiger partial charge in [-0.25, -0.2) is 4.68 Å². The average molecular weight is 377 g/mol. The van der Waals surface area contributed by atoms with Crippen molar-refractivity contribution in [2.24, 2.45) is 5.73 Å². The number of amides is 1. The number of hydrogen-bond acceptors (Lipinski definition) is 4. The van der Waals surface area contributed by atoms with Gasteiger partial charge in [0.2, 0.25) is 5.91 Å². The first-order valence-electron chi connectivity index (χ1n) is 9.04. The Balaban J connectivity index is 0.00000196. The zero-order chi connectivity index (χ0) is 17.2. The summed E-state index contributed by atoms with van der Waals surface area (Å²) >= 11 is 0. The summed E-state index contributed by atoms with van der Waals surface area (Å²) in [6, 6.07) is 10.2. The molecule has 0 spiro atoms. The van der Waals surface area contributed by atoms with Crippen molar-refractivity contribution in [1.82, 2.24) is 15.1 Å². The predicted octanol–water partition coefficient (Wildman–Crippen LogP) is 1.91. The number of nitrogens with two attached hydrogens (primary N) is 1.